The number of nitrogens with one attached hydrogen (secondary N) is 2. The van der Waals surface area contributed by atoms with Gasteiger partial charge in [-0.05, 0) is 60.8 Å². The number of carbonyl (C=O) groups excluding carboxylic acids is 1. The lowest BCUT2D eigenvalue weighted by Crippen LogP contribution is -2.30. The van der Waals surface area contributed by atoms with E-state index in [0.29, 0.717) is 12.6 Å². The predicted octanol–water partition coefficient (Wildman–Crippen LogP) is 4.18. The summed E-state index contributed by atoms with van der Waals surface area (Å²) in [6.07, 6.45) is 6.71. The van der Waals surface area contributed by atoms with E-state index in [9.17, 15) is 4.79 Å². The van der Waals surface area contributed by atoms with Gasteiger partial charge in [-0.2, -0.15) is 0 Å². The number of hydrogen-bond acceptors (Lipinski definition) is 3. The third kappa shape index (κ3) is 5.65. The molecule has 6 heteroatoms. The smallest absolute Gasteiger partial charge is 0.319 e. The van der Waals surface area contributed by atoms with Crippen LogP contribution in [-0.4, -0.2) is 24.6 Å². The summed E-state index contributed by atoms with van der Waals surface area (Å²) in [7, 11) is 3.71. The van der Waals surface area contributed by atoms with Crippen LogP contribution in [0.1, 0.15) is 35.6 Å². The molecule has 0 saturated carbocycles. The van der Waals surface area contributed by atoms with Gasteiger partial charge in [-0.25, -0.2) is 9.36 Å². The van der Waals surface area contributed by atoms with Crippen LogP contribution in [0, 0.1) is 0 Å². The van der Waals surface area contributed by atoms with Gasteiger partial charge in [0.2, 0.25) is 0 Å². The maximum atomic E-state index is 12.2. The van der Waals surface area contributed by atoms with Gasteiger partial charge >= 0.3 is 6.03 Å². The monoisotopic (exact) mass is 431 g/mol. The first-order chi connectivity index (χ1) is 15.6. The molecule has 1 unspecified atom stereocenters. The van der Waals surface area contributed by atoms with Crippen LogP contribution >= 0.6 is 0 Å². The standard InChI is InChI=1S/C26H30N4O2/c1-29-15-3-5-22(19-29)25-6-4-16-30(25)18-21-7-11-23(12-8-21)28-26(31)27-17-20-9-13-24(32-2)14-10-20/h3,5,7-15,19,25H,4,6,16-18H2,1-2H3,(H-,27,28,31)/p+1. The number of aryl methyl sites for hydroxylation is 1. The fraction of sp³-hybridized carbons (Fsp3) is 0.308. The van der Waals surface area contributed by atoms with Crippen LogP contribution in [0.15, 0.2) is 73.1 Å². The number of rotatable bonds is 7. The molecule has 1 fully saturated rings. The average Bonchev–Trinajstić information content (AvgIpc) is 3.27. The van der Waals surface area contributed by atoms with E-state index in [1.807, 2.05) is 36.4 Å². The maximum Gasteiger partial charge on any atom is 0.319 e. The molecular weight excluding hydrogens is 400 g/mol. The van der Waals surface area contributed by atoms with E-state index < -0.39 is 0 Å². The van der Waals surface area contributed by atoms with Gasteiger partial charge in [0.15, 0.2) is 12.4 Å². The molecule has 1 aliphatic heterocycles. The van der Waals surface area contributed by atoms with Gasteiger partial charge in [-0.15, -0.1) is 0 Å². The lowest BCUT2D eigenvalue weighted by Gasteiger charge is -2.24. The quantitative estimate of drug-likeness (QED) is 0.552. The molecule has 1 aromatic heterocycles. The van der Waals surface area contributed by atoms with Crippen molar-refractivity contribution in [2.75, 3.05) is 19.0 Å². The van der Waals surface area contributed by atoms with E-state index in [1.54, 1.807) is 7.11 Å². The molecule has 3 aromatic rings. The highest BCUT2D eigenvalue weighted by Crippen LogP contribution is 2.32. The number of likely N-dealkylation sites (tertiary alicyclic amines) is 1. The molecule has 1 aliphatic rings. The minimum absolute atomic E-state index is 0.217. The number of aromatic nitrogens is 1. The Kier molecular flexibility index (Phi) is 7.02. The second kappa shape index (κ2) is 10.3. The molecular formula is C26H31N4O2+. The molecule has 4 rings (SSSR count). The summed E-state index contributed by atoms with van der Waals surface area (Å²) >= 11 is 0. The van der Waals surface area contributed by atoms with Crippen LogP contribution in [0.4, 0.5) is 10.5 Å². The third-order valence-electron chi connectivity index (χ3n) is 5.92. The summed E-state index contributed by atoms with van der Waals surface area (Å²) in [4.78, 5) is 14.8. The van der Waals surface area contributed by atoms with Gasteiger partial charge in [0.25, 0.3) is 0 Å². The summed E-state index contributed by atoms with van der Waals surface area (Å²) in [5.41, 5.74) is 4.43. The van der Waals surface area contributed by atoms with Gasteiger partial charge in [-0.1, -0.05) is 24.3 Å². The van der Waals surface area contributed by atoms with Crippen molar-refractivity contribution in [2.45, 2.75) is 32.0 Å². The SMILES string of the molecule is COc1ccc(CNC(=O)Nc2ccc(CN3CCCC3c3ccc[n+](C)c3)cc2)cc1. The van der Waals surface area contributed by atoms with E-state index in [-0.39, 0.29) is 6.03 Å². The van der Waals surface area contributed by atoms with Crippen LogP contribution in [0.25, 0.3) is 0 Å². The Labute approximate surface area is 189 Å². The summed E-state index contributed by atoms with van der Waals surface area (Å²) in [6.45, 7) is 2.48. The molecule has 0 aliphatic carbocycles. The molecule has 0 spiro atoms. The largest absolute Gasteiger partial charge is 0.497 e. The minimum atomic E-state index is -0.217. The molecule has 2 amide bonds. The van der Waals surface area contributed by atoms with Gasteiger partial charge in [0.05, 0.1) is 7.11 Å². The first-order valence-electron chi connectivity index (χ1n) is 11.1. The number of urea groups is 1. The summed E-state index contributed by atoms with van der Waals surface area (Å²) in [5, 5.41) is 5.79. The number of benzene rings is 2. The van der Waals surface area contributed by atoms with E-state index in [4.69, 9.17) is 4.74 Å². The van der Waals surface area contributed by atoms with Crippen molar-refractivity contribution in [2.24, 2.45) is 7.05 Å². The second-order valence-corrected chi connectivity index (χ2v) is 8.28. The molecule has 32 heavy (non-hydrogen) atoms. The molecule has 1 atom stereocenters. The van der Waals surface area contributed by atoms with Gasteiger partial charge in [0.1, 0.15) is 12.8 Å². The van der Waals surface area contributed by atoms with Crippen molar-refractivity contribution in [3.63, 3.8) is 0 Å². The number of amides is 2. The second-order valence-electron chi connectivity index (χ2n) is 8.28. The van der Waals surface area contributed by atoms with Crippen molar-refractivity contribution in [3.8, 4) is 5.75 Å². The molecule has 0 radical (unpaired) electrons. The highest BCUT2D eigenvalue weighted by Gasteiger charge is 2.27. The van der Waals surface area contributed by atoms with Crippen molar-refractivity contribution in [1.29, 1.82) is 0 Å². The Balaban J connectivity index is 1.29. The zero-order valence-electron chi connectivity index (χ0n) is 18.8. The van der Waals surface area contributed by atoms with Crippen molar-refractivity contribution in [1.82, 2.24) is 10.2 Å². The number of carbonyl (C=O) groups is 1. The van der Waals surface area contributed by atoms with Gasteiger partial charge in [0, 0.05) is 36.4 Å². The van der Waals surface area contributed by atoms with Crippen LogP contribution in [0.2, 0.25) is 0 Å². The Morgan fingerprint density at radius 3 is 2.56 bits per heavy atom. The molecule has 2 heterocycles. The van der Waals surface area contributed by atoms with Gasteiger partial charge in [-0.3, -0.25) is 4.90 Å². The molecule has 2 aromatic carbocycles. The number of hydrogen-bond donors (Lipinski definition) is 2. The van der Waals surface area contributed by atoms with Crippen LogP contribution < -0.4 is 19.9 Å². The number of methoxy groups -OCH3 is 1. The fourth-order valence-corrected chi connectivity index (χ4v) is 4.23. The normalized spacial score (nSPS) is 16.0. The topological polar surface area (TPSA) is 57.5 Å². The molecule has 0 bridgehead atoms. The zero-order valence-corrected chi connectivity index (χ0v) is 18.8. The minimum Gasteiger partial charge on any atom is -0.497 e. The van der Waals surface area contributed by atoms with Crippen molar-refractivity contribution >= 4 is 11.7 Å². The zero-order chi connectivity index (χ0) is 22.3. The summed E-state index contributed by atoms with van der Waals surface area (Å²) in [5.74, 6) is 0.802. The summed E-state index contributed by atoms with van der Waals surface area (Å²) in [6, 6.07) is 20.4. The molecule has 166 valence electrons. The number of anilines is 1. The maximum absolute atomic E-state index is 12.2. The predicted molar refractivity (Wildman–Crippen MR) is 125 cm³/mol. The highest BCUT2D eigenvalue weighted by atomic mass is 16.5. The van der Waals surface area contributed by atoms with Crippen molar-refractivity contribution in [3.05, 3.63) is 89.7 Å². The average molecular weight is 432 g/mol. The van der Waals surface area contributed by atoms with E-state index in [2.05, 4.69) is 63.8 Å². The van der Waals surface area contributed by atoms with Crippen LogP contribution in [0.3, 0.4) is 0 Å². The number of pyridine rings is 1. The number of ether oxygens (including phenoxy) is 1. The van der Waals surface area contributed by atoms with E-state index >= 15 is 0 Å². The first-order valence-corrected chi connectivity index (χ1v) is 11.1. The first kappa shape index (κ1) is 21.8. The fourth-order valence-electron chi connectivity index (χ4n) is 4.23. The highest BCUT2D eigenvalue weighted by molar-refractivity contribution is 5.89. The lowest BCUT2D eigenvalue weighted by atomic mass is 10.1. The Morgan fingerprint density at radius 1 is 1.09 bits per heavy atom. The Bertz CT molecular complexity index is 1030. The van der Waals surface area contributed by atoms with E-state index in [1.165, 1.54) is 24.0 Å². The Hall–Kier alpha value is -3.38. The van der Waals surface area contributed by atoms with Crippen LogP contribution in [-0.2, 0) is 20.1 Å². The molecule has 1 saturated heterocycles. The molecule has 6 nitrogen and oxygen atoms in total. The third-order valence-corrected chi connectivity index (χ3v) is 5.92. The molecule has 2 N–H and O–H groups in total. The van der Waals surface area contributed by atoms with Crippen LogP contribution in [0.5, 0.6) is 5.75 Å². The van der Waals surface area contributed by atoms with Gasteiger partial charge < -0.3 is 15.4 Å². The Morgan fingerprint density at radius 2 is 1.84 bits per heavy atom. The lowest BCUT2D eigenvalue weighted by molar-refractivity contribution is -0.672. The summed E-state index contributed by atoms with van der Waals surface area (Å²) < 4.78 is 7.27. The van der Waals surface area contributed by atoms with Crippen molar-refractivity contribution < 1.29 is 14.1 Å². The van der Waals surface area contributed by atoms with E-state index in [0.717, 1.165) is 30.1 Å². The number of nitrogens with zero attached hydrogens (tertiary/aromatic N) is 2.